The van der Waals surface area contributed by atoms with E-state index in [2.05, 4.69) is 34.1 Å². The van der Waals surface area contributed by atoms with Gasteiger partial charge in [-0.05, 0) is 18.5 Å². The first-order valence-electron chi connectivity index (χ1n) is 10.2. The van der Waals surface area contributed by atoms with Gasteiger partial charge in [-0.3, -0.25) is 0 Å². The van der Waals surface area contributed by atoms with Crippen molar-refractivity contribution in [3.05, 3.63) is 83.1 Å². The lowest BCUT2D eigenvalue weighted by molar-refractivity contribution is -0.108. The first-order valence-corrected chi connectivity index (χ1v) is 11.6. The number of hydrogen-bond donors (Lipinski definition) is 1. The monoisotopic (exact) mass is 434 g/mol. The summed E-state index contributed by atoms with van der Waals surface area (Å²) in [6.45, 7) is 0. The van der Waals surface area contributed by atoms with E-state index in [1.54, 1.807) is 0 Å². The van der Waals surface area contributed by atoms with Crippen molar-refractivity contribution in [2.45, 2.75) is 0 Å². The number of nitrogens with one attached hydrogen (secondary N) is 1. The molecule has 2 aromatic rings. The molecule has 0 heterocycles. The third kappa shape index (κ3) is 4.28. The van der Waals surface area contributed by atoms with E-state index in [-0.39, 0.29) is 0 Å². The summed E-state index contributed by atoms with van der Waals surface area (Å²) in [5, 5.41) is 12.4. The number of rotatable bonds is 7. The highest BCUT2D eigenvalue weighted by molar-refractivity contribution is 7.77. The second-order valence-corrected chi connectivity index (χ2v) is 10.3. The second kappa shape index (κ2) is 9.49. The van der Waals surface area contributed by atoms with Crippen LogP contribution in [0.1, 0.15) is 0 Å². The molecule has 1 unspecified atom stereocenters. The Hall–Kier alpha value is -2.91. The van der Waals surface area contributed by atoms with Crippen molar-refractivity contribution in [2.75, 3.05) is 42.3 Å². The molecule has 0 bridgehead atoms. The molecule has 1 N–H and O–H groups in total. The molecule has 0 saturated heterocycles. The fourth-order valence-corrected chi connectivity index (χ4v) is 6.85. The lowest BCUT2D eigenvalue weighted by Crippen LogP contribution is -2.40. The molecule has 1 aliphatic rings. The summed E-state index contributed by atoms with van der Waals surface area (Å²) in [5.41, 5.74) is 3.11. The number of allylic oxidation sites excluding steroid dienone is 2. The van der Waals surface area contributed by atoms with Gasteiger partial charge in [0.15, 0.2) is 0 Å². The topological polar surface area (TPSA) is 50.6 Å². The van der Waals surface area contributed by atoms with E-state index in [9.17, 15) is 4.79 Å². The lowest BCUT2D eigenvalue weighted by Gasteiger charge is -2.41. The van der Waals surface area contributed by atoms with E-state index in [0.29, 0.717) is 5.71 Å². The summed E-state index contributed by atoms with van der Waals surface area (Å²) in [6.07, 6.45) is 0.943. The van der Waals surface area contributed by atoms with E-state index in [1.165, 1.54) is 10.6 Å². The van der Waals surface area contributed by atoms with Crippen molar-refractivity contribution in [1.82, 2.24) is 14.7 Å². The Kier molecular flexibility index (Phi) is 6.97. The zero-order chi connectivity index (χ0) is 22.7. The molecule has 31 heavy (non-hydrogen) atoms. The smallest absolute Gasteiger partial charge is 0.133 e. The fourth-order valence-electron chi connectivity index (χ4n) is 4.07. The van der Waals surface area contributed by atoms with Crippen LogP contribution in [0.2, 0.25) is 0 Å². The number of carbonyl (C=O) groups is 1. The van der Waals surface area contributed by atoms with E-state index in [4.69, 9.17) is 5.41 Å². The number of hydrogen-bond acceptors (Lipinski definition) is 5. The van der Waals surface area contributed by atoms with Crippen LogP contribution in [0, 0.1) is 11.3 Å². The quantitative estimate of drug-likeness (QED) is 0.538. The van der Waals surface area contributed by atoms with Gasteiger partial charge in [-0.2, -0.15) is 0 Å². The molecule has 2 aromatic carbocycles. The average molecular weight is 435 g/mol. The summed E-state index contributed by atoms with van der Waals surface area (Å²) in [4.78, 5) is 18.6. The van der Waals surface area contributed by atoms with Gasteiger partial charge in [-0.25, -0.2) is 0 Å². The van der Waals surface area contributed by atoms with Crippen molar-refractivity contribution >= 4 is 30.5 Å². The second-order valence-electron chi connectivity index (χ2n) is 8.15. The van der Waals surface area contributed by atoms with Crippen molar-refractivity contribution in [3.63, 3.8) is 0 Å². The van der Waals surface area contributed by atoms with Gasteiger partial charge in [0.05, 0.1) is 28.7 Å². The minimum Gasteiger partial charge on any atom is -0.376 e. The Morgan fingerprint density at radius 1 is 0.710 bits per heavy atom. The Bertz CT molecular complexity index is 971. The van der Waals surface area contributed by atoms with Crippen LogP contribution < -0.4 is 10.6 Å². The molecule has 0 saturated carbocycles. The number of carbonyl (C=O) groups excluding carboxylic acids is 1. The maximum Gasteiger partial charge on any atom is 0.133 e. The highest BCUT2D eigenvalue weighted by Crippen LogP contribution is 2.52. The van der Waals surface area contributed by atoms with Crippen LogP contribution in [-0.2, 0) is 4.79 Å². The van der Waals surface area contributed by atoms with E-state index in [1.807, 2.05) is 83.6 Å². The van der Waals surface area contributed by atoms with Gasteiger partial charge < -0.3 is 24.9 Å². The SMILES string of the molecule is CN(C)C1=C(N(C)C)C(N(C)C)=C(P(c2ccccc2)c2ccccc2)C(C=O)C1=N. The van der Waals surface area contributed by atoms with Gasteiger partial charge in [-0.1, -0.05) is 60.7 Å². The third-order valence-electron chi connectivity index (χ3n) is 5.30. The van der Waals surface area contributed by atoms with Crippen LogP contribution in [0.15, 0.2) is 83.1 Å². The molecule has 0 aromatic heterocycles. The first kappa shape index (κ1) is 22.8. The Morgan fingerprint density at radius 2 is 1.13 bits per heavy atom. The molecular formula is C25H31N4OP. The lowest BCUT2D eigenvalue weighted by atomic mass is 9.91. The van der Waals surface area contributed by atoms with Crippen molar-refractivity contribution in [2.24, 2.45) is 5.92 Å². The summed E-state index contributed by atoms with van der Waals surface area (Å²) < 4.78 is 0. The van der Waals surface area contributed by atoms with Crippen LogP contribution in [-0.4, -0.2) is 69.0 Å². The zero-order valence-corrected chi connectivity index (χ0v) is 20.0. The van der Waals surface area contributed by atoms with Crippen LogP contribution in [0.3, 0.4) is 0 Å². The molecule has 5 nitrogen and oxygen atoms in total. The first-order chi connectivity index (χ1) is 14.8. The molecule has 162 valence electrons. The number of benzene rings is 2. The van der Waals surface area contributed by atoms with Crippen molar-refractivity contribution in [1.29, 1.82) is 5.41 Å². The predicted octanol–water partition coefficient (Wildman–Crippen LogP) is 3.08. The summed E-state index contributed by atoms with van der Waals surface area (Å²) in [7, 11) is 10.9. The molecule has 0 aliphatic heterocycles. The maximum atomic E-state index is 12.5. The summed E-state index contributed by atoms with van der Waals surface area (Å²) in [5.74, 6) is -0.606. The molecule has 1 aliphatic carbocycles. The van der Waals surface area contributed by atoms with Crippen LogP contribution >= 0.6 is 7.92 Å². The Labute approximate surface area is 186 Å². The Morgan fingerprint density at radius 3 is 1.48 bits per heavy atom. The standard InChI is InChI=1S/C25H31N4OP/c1-27(2)22-21(26)20(17-30)25(24(29(5)6)23(22)28(3)4)31(18-13-9-7-10-14-18)19-15-11-8-12-16-19/h7-17,20,26H,1-6H3. The van der Waals surface area contributed by atoms with Crippen LogP contribution in [0.4, 0.5) is 0 Å². The van der Waals surface area contributed by atoms with Gasteiger partial charge in [0, 0.05) is 47.6 Å². The average Bonchev–Trinajstić information content (AvgIpc) is 2.74. The molecule has 0 spiro atoms. The molecule has 0 radical (unpaired) electrons. The van der Waals surface area contributed by atoms with Gasteiger partial charge in [0.25, 0.3) is 0 Å². The summed E-state index contributed by atoms with van der Waals surface area (Å²) >= 11 is 0. The van der Waals surface area contributed by atoms with Crippen LogP contribution in [0.5, 0.6) is 0 Å². The third-order valence-corrected chi connectivity index (χ3v) is 7.90. The normalized spacial score (nSPS) is 16.6. The highest BCUT2D eigenvalue weighted by Gasteiger charge is 2.40. The van der Waals surface area contributed by atoms with Gasteiger partial charge >= 0.3 is 0 Å². The van der Waals surface area contributed by atoms with E-state index >= 15 is 0 Å². The predicted molar refractivity (Wildman–Crippen MR) is 131 cm³/mol. The molecular weight excluding hydrogens is 403 g/mol. The minimum absolute atomic E-state index is 0.351. The fraction of sp³-hybridized carbons (Fsp3) is 0.280. The highest BCUT2D eigenvalue weighted by atomic mass is 31.1. The maximum absolute atomic E-state index is 12.5. The van der Waals surface area contributed by atoms with Gasteiger partial charge in [0.1, 0.15) is 6.29 Å². The van der Waals surface area contributed by atoms with Crippen molar-refractivity contribution in [3.8, 4) is 0 Å². The number of likely N-dealkylation sites (N-methyl/N-ethyl adjacent to an activating group) is 2. The van der Waals surface area contributed by atoms with Crippen LogP contribution in [0.25, 0.3) is 0 Å². The molecule has 0 fully saturated rings. The van der Waals surface area contributed by atoms with Gasteiger partial charge in [0.2, 0.25) is 0 Å². The van der Waals surface area contributed by atoms with E-state index in [0.717, 1.165) is 28.7 Å². The molecule has 0 amide bonds. The molecule has 1 atom stereocenters. The summed E-state index contributed by atoms with van der Waals surface area (Å²) in [6, 6.07) is 20.7. The number of nitrogens with zero attached hydrogens (tertiary/aromatic N) is 3. The molecule has 3 rings (SSSR count). The number of aldehydes is 1. The largest absolute Gasteiger partial charge is 0.376 e. The van der Waals surface area contributed by atoms with E-state index < -0.39 is 13.8 Å². The molecule has 6 heteroatoms. The van der Waals surface area contributed by atoms with Crippen molar-refractivity contribution < 1.29 is 4.79 Å². The zero-order valence-electron chi connectivity index (χ0n) is 19.1. The van der Waals surface area contributed by atoms with Gasteiger partial charge in [-0.15, -0.1) is 0 Å². The minimum atomic E-state index is -1.02. The Balaban J connectivity index is 2.45.